The van der Waals surface area contributed by atoms with Crippen LogP contribution in [0.3, 0.4) is 0 Å². The smallest absolute Gasteiger partial charge is 0.244 e. The van der Waals surface area contributed by atoms with E-state index in [1.807, 2.05) is 68.7 Å². The van der Waals surface area contributed by atoms with Crippen LogP contribution in [-0.4, -0.2) is 28.0 Å². The van der Waals surface area contributed by atoms with Crippen molar-refractivity contribution in [1.82, 2.24) is 14.9 Å². The number of imidazole rings is 1. The van der Waals surface area contributed by atoms with Gasteiger partial charge in [-0.05, 0) is 50.2 Å². The first-order valence-electron chi connectivity index (χ1n) is 10.2. The average molecular weight is 409 g/mol. The van der Waals surface area contributed by atoms with Gasteiger partial charge in [0.15, 0.2) is 0 Å². The standard InChI is InChI=1S/C23H28N4O3/c1-5-30-18-12-10-17(11-13-18)25-21(28)14-27-20-9-7-6-8-19(20)26-22(27)16(4)24-23(29)15(2)3/h6-13,15-16H,5,14H2,1-4H3,(H,24,29)(H,25,28). The maximum atomic E-state index is 12.8. The van der Waals surface area contributed by atoms with E-state index in [-0.39, 0.29) is 30.3 Å². The molecule has 158 valence electrons. The van der Waals surface area contributed by atoms with E-state index in [0.717, 1.165) is 16.8 Å². The Hall–Kier alpha value is -3.35. The molecule has 1 aromatic heterocycles. The number of nitrogens with one attached hydrogen (secondary N) is 2. The van der Waals surface area contributed by atoms with Gasteiger partial charge in [-0.2, -0.15) is 0 Å². The lowest BCUT2D eigenvalue weighted by atomic mass is 10.2. The number of hydrogen-bond donors (Lipinski definition) is 2. The van der Waals surface area contributed by atoms with Crippen LogP contribution in [0.1, 0.15) is 39.6 Å². The van der Waals surface area contributed by atoms with E-state index >= 15 is 0 Å². The third-order valence-electron chi connectivity index (χ3n) is 4.71. The van der Waals surface area contributed by atoms with Gasteiger partial charge in [0, 0.05) is 11.6 Å². The van der Waals surface area contributed by atoms with E-state index in [1.54, 1.807) is 12.1 Å². The molecule has 2 amide bonds. The Kier molecular flexibility index (Phi) is 6.72. The summed E-state index contributed by atoms with van der Waals surface area (Å²) in [6.07, 6.45) is 0. The zero-order valence-corrected chi connectivity index (χ0v) is 17.8. The Morgan fingerprint density at radius 2 is 1.77 bits per heavy atom. The summed E-state index contributed by atoms with van der Waals surface area (Å²) in [7, 11) is 0. The predicted molar refractivity (Wildman–Crippen MR) is 117 cm³/mol. The first-order valence-corrected chi connectivity index (χ1v) is 10.2. The molecule has 0 radical (unpaired) electrons. The number of carbonyl (C=O) groups is 2. The van der Waals surface area contributed by atoms with Gasteiger partial charge >= 0.3 is 0 Å². The molecule has 0 fully saturated rings. The SMILES string of the molecule is CCOc1ccc(NC(=O)Cn2c(C(C)NC(=O)C(C)C)nc3ccccc32)cc1. The van der Waals surface area contributed by atoms with E-state index < -0.39 is 0 Å². The third-order valence-corrected chi connectivity index (χ3v) is 4.71. The van der Waals surface area contributed by atoms with Crippen LogP contribution in [0.15, 0.2) is 48.5 Å². The van der Waals surface area contributed by atoms with Crippen LogP contribution in [0.4, 0.5) is 5.69 Å². The van der Waals surface area contributed by atoms with E-state index in [4.69, 9.17) is 4.74 Å². The Morgan fingerprint density at radius 3 is 2.43 bits per heavy atom. The minimum atomic E-state index is -0.328. The molecule has 2 aromatic carbocycles. The van der Waals surface area contributed by atoms with Gasteiger partial charge < -0.3 is 19.9 Å². The van der Waals surface area contributed by atoms with Gasteiger partial charge in [0.05, 0.1) is 23.7 Å². The number of amides is 2. The fraction of sp³-hybridized carbons (Fsp3) is 0.348. The maximum Gasteiger partial charge on any atom is 0.244 e. The van der Waals surface area contributed by atoms with Crippen molar-refractivity contribution in [2.45, 2.75) is 40.3 Å². The number of ether oxygens (including phenoxy) is 1. The van der Waals surface area contributed by atoms with Crippen molar-refractivity contribution in [3.63, 3.8) is 0 Å². The topological polar surface area (TPSA) is 85.2 Å². The number of carbonyl (C=O) groups excluding carboxylic acids is 2. The molecule has 7 heteroatoms. The molecular formula is C23H28N4O3. The highest BCUT2D eigenvalue weighted by atomic mass is 16.5. The number of hydrogen-bond acceptors (Lipinski definition) is 4. The first kappa shape index (κ1) is 21.4. The summed E-state index contributed by atoms with van der Waals surface area (Å²) in [6.45, 7) is 8.17. The molecule has 0 saturated carbocycles. The molecule has 0 bridgehead atoms. The van der Waals surface area contributed by atoms with Crippen molar-refractivity contribution < 1.29 is 14.3 Å². The normalized spacial score (nSPS) is 12.0. The van der Waals surface area contributed by atoms with Crippen LogP contribution in [0.5, 0.6) is 5.75 Å². The van der Waals surface area contributed by atoms with Crippen molar-refractivity contribution in [3.05, 3.63) is 54.4 Å². The molecule has 30 heavy (non-hydrogen) atoms. The summed E-state index contributed by atoms with van der Waals surface area (Å²) in [5.74, 6) is 1.04. The molecule has 0 aliphatic carbocycles. The number of nitrogens with zero attached hydrogens (tertiary/aromatic N) is 2. The predicted octanol–water partition coefficient (Wildman–Crippen LogP) is 3.91. The van der Waals surface area contributed by atoms with Crippen LogP contribution >= 0.6 is 0 Å². The first-order chi connectivity index (χ1) is 14.4. The lowest BCUT2D eigenvalue weighted by Gasteiger charge is -2.17. The van der Waals surface area contributed by atoms with Crippen LogP contribution in [0.2, 0.25) is 0 Å². The highest BCUT2D eigenvalue weighted by Crippen LogP contribution is 2.22. The molecule has 1 atom stereocenters. The molecule has 7 nitrogen and oxygen atoms in total. The summed E-state index contributed by atoms with van der Waals surface area (Å²) in [5.41, 5.74) is 2.32. The summed E-state index contributed by atoms with van der Waals surface area (Å²) in [6, 6.07) is 14.6. The van der Waals surface area contributed by atoms with Crippen molar-refractivity contribution in [1.29, 1.82) is 0 Å². The fourth-order valence-corrected chi connectivity index (χ4v) is 3.18. The highest BCUT2D eigenvalue weighted by Gasteiger charge is 2.21. The van der Waals surface area contributed by atoms with Gasteiger partial charge in [-0.1, -0.05) is 26.0 Å². The molecule has 1 heterocycles. The van der Waals surface area contributed by atoms with Gasteiger partial charge in [-0.25, -0.2) is 4.98 Å². The minimum absolute atomic E-state index is 0.0556. The number of fused-ring (bicyclic) bond motifs is 1. The van der Waals surface area contributed by atoms with Gasteiger partial charge in [0.1, 0.15) is 18.1 Å². The number of anilines is 1. The molecule has 2 N–H and O–H groups in total. The monoisotopic (exact) mass is 408 g/mol. The number of benzene rings is 2. The van der Waals surface area contributed by atoms with E-state index in [0.29, 0.717) is 18.1 Å². The number of rotatable bonds is 8. The third kappa shape index (κ3) is 4.97. The molecular weight excluding hydrogens is 380 g/mol. The average Bonchev–Trinajstić information content (AvgIpc) is 3.08. The van der Waals surface area contributed by atoms with Crippen LogP contribution < -0.4 is 15.4 Å². The van der Waals surface area contributed by atoms with Gasteiger partial charge in [-0.15, -0.1) is 0 Å². The second-order valence-electron chi connectivity index (χ2n) is 7.44. The molecule has 3 rings (SSSR count). The van der Waals surface area contributed by atoms with Crippen molar-refractivity contribution in [3.8, 4) is 5.75 Å². The van der Waals surface area contributed by atoms with E-state index in [1.165, 1.54) is 0 Å². The Labute approximate surface area is 176 Å². The van der Waals surface area contributed by atoms with E-state index in [9.17, 15) is 9.59 Å². The lowest BCUT2D eigenvalue weighted by molar-refractivity contribution is -0.124. The zero-order valence-electron chi connectivity index (χ0n) is 17.8. The molecule has 1 unspecified atom stereocenters. The van der Waals surface area contributed by atoms with Crippen molar-refractivity contribution in [2.75, 3.05) is 11.9 Å². The van der Waals surface area contributed by atoms with Crippen molar-refractivity contribution in [2.24, 2.45) is 5.92 Å². The van der Waals surface area contributed by atoms with Crippen LogP contribution in [0.25, 0.3) is 11.0 Å². The molecule has 0 aliphatic rings. The second-order valence-corrected chi connectivity index (χ2v) is 7.44. The summed E-state index contributed by atoms with van der Waals surface area (Å²) in [4.78, 5) is 29.6. The second kappa shape index (κ2) is 9.43. The molecule has 0 saturated heterocycles. The van der Waals surface area contributed by atoms with Crippen molar-refractivity contribution >= 4 is 28.5 Å². The van der Waals surface area contributed by atoms with E-state index in [2.05, 4.69) is 15.6 Å². The summed E-state index contributed by atoms with van der Waals surface area (Å²) >= 11 is 0. The Balaban J connectivity index is 1.81. The molecule has 0 spiro atoms. The molecule has 0 aliphatic heterocycles. The van der Waals surface area contributed by atoms with Gasteiger partial charge in [0.25, 0.3) is 0 Å². The van der Waals surface area contributed by atoms with Gasteiger partial charge in [0.2, 0.25) is 11.8 Å². The lowest BCUT2D eigenvalue weighted by Crippen LogP contribution is -2.32. The van der Waals surface area contributed by atoms with Crippen LogP contribution in [0, 0.1) is 5.92 Å². The maximum absolute atomic E-state index is 12.8. The minimum Gasteiger partial charge on any atom is -0.494 e. The van der Waals surface area contributed by atoms with Gasteiger partial charge in [-0.3, -0.25) is 9.59 Å². The molecule has 3 aromatic rings. The summed E-state index contributed by atoms with van der Waals surface area (Å²) < 4.78 is 7.28. The summed E-state index contributed by atoms with van der Waals surface area (Å²) in [5, 5.41) is 5.88. The Morgan fingerprint density at radius 1 is 1.07 bits per heavy atom. The largest absolute Gasteiger partial charge is 0.494 e. The fourth-order valence-electron chi connectivity index (χ4n) is 3.18. The van der Waals surface area contributed by atoms with Crippen LogP contribution in [-0.2, 0) is 16.1 Å². The number of para-hydroxylation sites is 2. The highest BCUT2D eigenvalue weighted by molar-refractivity contribution is 5.92. The Bertz CT molecular complexity index is 1020. The quantitative estimate of drug-likeness (QED) is 0.592. The zero-order chi connectivity index (χ0) is 21.7. The number of aromatic nitrogens is 2.